The van der Waals surface area contributed by atoms with Crippen LogP contribution < -0.4 is 5.32 Å². The molecule has 1 aliphatic rings. The van der Waals surface area contributed by atoms with Gasteiger partial charge in [0.25, 0.3) is 0 Å². The molecule has 0 bridgehead atoms. The maximum absolute atomic E-state index is 6.34. The quantitative estimate of drug-likeness (QED) is 0.266. The second kappa shape index (κ2) is 11.0. The number of hydrogen-bond donors (Lipinski definition) is 1. The highest BCUT2D eigenvalue weighted by molar-refractivity contribution is 6.31. The molecule has 0 amide bonds. The van der Waals surface area contributed by atoms with Crippen LogP contribution in [-0.2, 0) is 13.1 Å². The standard InChI is InChI=1S/C26H37ClN2/c1-20(2)10-8-9-11-21(3)18-29-19-22(25-15-14-23(27)16-26(25)29)17-28-24-12-6-4-5-7-13-24/h10-11,14-16,19,24,28H,4-9,12-13,17-18H2,1-3H3/b21-11+. The lowest BCUT2D eigenvalue weighted by atomic mass is 10.1. The van der Waals surface area contributed by atoms with Gasteiger partial charge in [0.15, 0.2) is 0 Å². The summed E-state index contributed by atoms with van der Waals surface area (Å²) in [6.45, 7) is 8.43. The summed E-state index contributed by atoms with van der Waals surface area (Å²) < 4.78 is 2.37. The maximum Gasteiger partial charge on any atom is 0.0501 e. The Morgan fingerprint density at radius 1 is 1.07 bits per heavy atom. The third-order valence-electron chi connectivity index (χ3n) is 5.99. The van der Waals surface area contributed by atoms with Crippen LogP contribution in [0.3, 0.4) is 0 Å². The highest BCUT2D eigenvalue weighted by Crippen LogP contribution is 2.26. The van der Waals surface area contributed by atoms with Crippen molar-refractivity contribution in [2.24, 2.45) is 0 Å². The van der Waals surface area contributed by atoms with Crippen LogP contribution in [0.25, 0.3) is 10.9 Å². The monoisotopic (exact) mass is 412 g/mol. The van der Waals surface area contributed by atoms with Crippen LogP contribution in [0.15, 0.2) is 47.7 Å². The number of rotatable bonds is 8. The molecule has 29 heavy (non-hydrogen) atoms. The Kier molecular flexibility index (Phi) is 8.44. The van der Waals surface area contributed by atoms with Crippen molar-refractivity contribution in [1.82, 2.24) is 9.88 Å². The van der Waals surface area contributed by atoms with Crippen molar-refractivity contribution in [2.45, 2.75) is 91.3 Å². The fourth-order valence-electron chi connectivity index (χ4n) is 4.39. The zero-order chi connectivity index (χ0) is 20.6. The van der Waals surface area contributed by atoms with Gasteiger partial charge >= 0.3 is 0 Å². The van der Waals surface area contributed by atoms with Crippen LogP contribution in [-0.4, -0.2) is 10.6 Å². The lowest BCUT2D eigenvalue weighted by Crippen LogP contribution is -2.27. The summed E-state index contributed by atoms with van der Waals surface area (Å²) in [4.78, 5) is 0. The zero-order valence-corrected chi connectivity index (χ0v) is 19.2. The molecule has 1 saturated carbocycles. The highest BCUT2D eigenvalue weighted by Gasteiger charge is 2.14. The fraction of sp³-hybridized carbons (Fsp3) is 0.538. The summed E-state index contributed by atoms with van der Waals surface area (Å²) in [6.07, 6.45) is 17.4. The molecule has 2 aromatic rings. The summed E-state index contributed by atoms with van der Waals surface area (Å²) in [6, 6.07) is 6.99. The van der Waals surface area contributed by atoms with Gasteiger partial charge in [-0.1, -0.05) is 66.6 Å². The van der Waals surface area contributed by atoms with Gasteiger partial charge < -0.3 is 9.88 Å². The SMILES string of the molecule is CC(C)=CCC/C=C(\C)Cn1cc(CNC2CCCCCC2)c2ccc(Cl)cc21. The Morgan fingerprint density at radius 2 is 1.79 bits per heavy atom. The molecule has 1 heterocycles. The number of unbranched alkanes of at least 4 members (excludes halogenated alkanes) is 1. The molecule has 0 aliphatic heterocycles. The van der Waals surface area contributed by atoms with Gasteiger partial charge in [-0.05, 0) is 64.2 Å². The van der Waals surface area contributed by atoms with Gasteiger partial charge in [0.2, 0.25) is 0 Å². The van der Waals surface area contributed by atoms with Gasteiger partial charge in [-0.25, -0.2) is 0 Å². The molecule has 1 fully saturated rings. The van der Waals surface area contributed by atoms with Crippen LogP contribution in [0.1, 0.15) is 77.7 Å². The van der Waals surface area contributed by atoms with E-state index >= 15 is 0 Å². The van der Waals surface area contributed by atoms with E-state index in [4.69, 9.17) is 11.6 Å². The van der Waals surface area contributed by atoms with Crippen molar-refractivity contribution < 1.29 is 0 Å². The van der Waals surface area contributed by atoms with Gasteiger partial charge in [-0.2, -0.15) is 0 Å². The van der Waals surface area contributed by atoms with E-state index in [0.717, 1.165) is 31.0 Å². The molecule has 0 spiro atoms. The third-order valence-corrected chi connectivity index (χ3v) is 6.23. The molecule has 1 aromatic carbocycles. The van der Waals surface area contributed by atoms with E-state index in [2.05, 4.69) is 61.1 Å². The first-order chi connectivity index (χ1) is 14.0. The Labute approximate surface area is 182 Å². The molecule has 2 nitrogen and oxygen atoms in total. The van der Waals surface area contributed by atoms with E-state index < -0.39 is 0 Å². The second-order valence-electron chi connectivity index (χ2n) is 8.92. The summed E-state index contributed by atoms with van der Waals surface area (Å²) in [5.74, 6) is 0. The van der Waals surface area contributed by atoms with Crippen LogP contribution in [0, 0.1) is 0 Å². The van der Waals surface area contributed by atoms with Gasteiger partial charge in [-0.15, -0.1) is 0 Å². The molecule has 1 aliphatic carbocycles. The van der Waals surface area contributed by atoms with Gasteiger partial charge in [0.1, 0.15) is 0 Å². The Morgan fingerprint density at radius 3 is 2.52 bits per heavy atom. The fourth-order valence-corrected chi connectivity index (χ4v) is 4.55. The zero-order valence-electron chi connectivity index (χ0n) is 18.4. The Bertz CT molecular complexity index is 847. The van der Waals surface area contributed by atoms with Crippen molar-refractivity contribution in [3.05, 3.63) is 58.3 Å². The minimum atomic E-state index is 0.667. The number of halogens is 1. The van der Waals surface area contributed by atoms with Crippen molar-refractivity contribution in [1.29, 1.82) is 0 Å². The number of nitrogens with zero attached hydrogens (tertiary/aromatic N) is 1. The topological polar surface area (TPSA) is 17.0 Å². The van der Waals surface area contributed by atoms with Crippen LogP contribution in [0.4, 0.5) is 0 Å². The third kappa shape index (κ3) is 6.76. The molecule has 158 valence electrons. The summed E-state index contributed by atoms with van der Waals surface area (Å²) in [7, 11) is 0. The van der Waals surface area contributed by atoms with Crippen molar-refractivity contribution in [2.75, 3.05) is 0 Å². The summed E-state index contributed by atoms with van der Waals surface area (Å²) in [5, 5.41) is 5.97. The molecule has 0 radical (unpaired) electrons. The first-order valence-corrected chi connectivity index (χ1v) is 11.7. The largest absolute Gasteiger partial charge is 0.343 e. The molecule has 0 atom stereocenters. The molecular weight excluding hydrogens is 376 g/mol. The minimum Gasteiger partial charge on any atom is -0.343 e. The average molecular weight is 413 g/mol. The van der Waals surface area contributed by atoms with Crippen LogP contribution in [0.2, 0.25) is 5.02 Å². The average Bonchev–Trinajstić information content (AvgIpc) is 2.84. The number of fused-ring (bicyclic) bond motifs is 1. The predicted molar refractivity (Wildman–Crippen MR) is 128 cm³/mol. The predicted octanol–water partition coefficient (Wildman–Crippen LogP) is 7.80. The second-order valence-corrected chi connectivity index (χ2v) is 9.36. The number of allylic oxidation sites excluding steroid dienone is 4. The van der Waals surface area contributed by atoms with Gasteiger partial charge in [0, 0.05) is 35.7 Å². The lowest BCUT2D eigenvalue weighted by Gasteiger charge is -2.15. The first kappa shape index (κ1) is 22.2. The van der Waals surface area contributed by atoms with E-state index in [-0.39, 0.29) is 0 Å². The number of benzene rings is 1. The molecule has 1 aromatic heterocycles. The van der Waals surface area contributed by atoms with Crippen molar-refractivity contribution >= 4 is 22.5 Å². The molecular formula is C26H37ClN2. The summed E-state index contributed by atoms with van der Waals surface area (Å²) in [5.41, 5.74) is 5.44. The number of nitrogens with one attached hydrogen (secondary N) is 1. The number of aromatic nitrogens is 1. The van der Waals surface area contributed by atoms with Crippen LogP contribution in [0.5, 0.6) is 0 Å². The Hall–Kier alpha value is -1.51. The number of hydrogen-bond acceptors (Lipinski definition) is 1. The van der Waals surface area contributed by atoms with E-state index in [1.807, 2.05) is 6.07 Å². The van der Waals surface area contributed by atoms with E-state index in [0.29, 0.717) is 6.04 Å². The molecule has 1 N–H and O–H groups in total. The van der Waals surface area contributed by atoms with Crippen molar-refractivity contribution in [3.8, 4) is 0 Å². The summed E-state index contributed by atoms with van der Waals surface area (Å²) >= 11 is 6.34. The van der Waals surface area contributed by atoms with Crippen molar-refractivity contribution in [3.63, 3.8) is 0 Å². The van der Waals surface area contributed by atoms with E-state index in [1.165, 1.54) is 66.1 Å². The maximum atomic E-state index is 6.34. The minimum absolute atomic E-state index is 0.667. The smallest absolute Gasteiger partial charge is 0.0501 e. The lowest BCUT2D eigenvalue weighted by molar-refractivity contribution is 0.459. The van der Waals surface area contributed by atoms with Gasteiger partial charge in [0.05, 0.1) is 5.52 Å². The van der Waals surface area contributed by atoms with Crippen LogP contribution >= 0.6 is 11.6 Å². The first-order valence-electron chi connectivity index (χ1n) is 11.3. The van der Waals surface area contributed by atoms with E-state index in [1.54, 1.807) is 0 Å². The highest BCUT2D eigenvalue weighted by atomic mass is 35.5. The Balaban J connectivity index is 1.72. The molecule has 3 rings (SSSR count). The molecule has 0 saturated heterocycles. The molecule has 3 heteroatoms. The van der Waals surface area contributed by atoms with E-state index in [9.17, 15) is 0 Å². The normalized spacial score (nSPS) is 16.2. The molecule has 0 unspecified atom stereocenters. The van der Waals surface area contributed by atoms with Gasteiger partial charge in [-0.3, -0.25) is 0 Å².